The summed E-state index contributed by atoms with van der Waals surface area (Å²) >= 11 is 0. The molecule has 0 spiro atoms. The van der Waals surface area contributed by atoms with Gasteiger partial charge in [0, 0.05) is 18.8 Å². The van der Waals surface area contributed by atoms with E-state index in [2.05, 4.69) is 9.84 Å². The predicted molar refractivity (Wildman–Crippen MR) is 43.6 cm³/mol. The van der Waals surface area contributed by atoms with Gasteiger partial charge in [0.1, 0.15) is 0 Å². The Morgan fingerprint density at radius 3 is 2.83 bits per heavy atom. The molecule has 0 aliphatic rings. The third-order valence-electron chi connectivity index (χ3n) is 1.78. The minimum absolute atomic E-state index is 0.233. The van der Waals surface area contributed by atoms with E-state index >= 15 is 0 Å². The molecule has 0 radical (unpaired) electrons. The van der Waals surface area contributed by atoms with Crippen molar-refractivity contribution in [2.45, 2.75) is 12.8 Å². The normalized spacial score (nSPS) is 12.6. The van der Waals surface area contributed by atoms with Crippen LogP contribution in [0.2, 0.25) is 0 Å². The average molecular weight is 168 g/mol. The molecule has 1 rings (SSSR count). The van der Waals surface area contributed by atoms with Crippen LogP contribution in [-0.4, -0.2) is 22.9 Å². The van der Waals surface area contributed by atoms with E-state index in [0.717, 1.165) is 5.56 Å². The van der Waals surface area contributed by atoms with Gasteiger partial charge in [-0.05, 0) is 6.92 Å². The Bertz CT molecular complexity index is 280. The van der Waals surface area contributed by atoms with Gasteiger partial charge in [-0.15, -0.1) is 0 Å². The number of nitrogens with zero attached hydrogens (tertiary/aromatic N) is 2. The lowest BCUT2D eigenvalue weighted by atomic mass is 10.1. The Morgan fingerprint density at radius 1 is 1.75 bits per heavy atom. The molecule has 1 aromatic rings. The third kappa shape index (κ3) is 1.64. The Morgan fingerprint density at radius 2 is 2.42 bits per heavy atom. The second-order valence-electron chi connectivity index (χ2n) is 2.69. The summed E-state index contributed by atoms with van der Waals surface area (Å²) < 4.78 is 6.26. The highest BCUT2D eigenvalue weighted by atomic mass is 16.5. The van der Waals surface area contributed by atoms with Gasteiger partial charge in [-0.1, -0.05) is 0 Å². The molecule has 1 aromatic heterocycles. The van der Waals surface area contributed by atoms with Crippen LogP contribution < -0.4 is 0 Å². The quantitative estimate of drug-likeness (QED) is 0.610. The molecule has 1 unspecified atom stereocenters. The zero-order valence-electron chi connectivity index (χ0n) is 7.44. The lowest BCUT2D eigenvalue weighted by Gasteiger charge is -2.04. The van der Waals surface area contributed by atoms with E-state index in [0.29, 0.717) is 0 Å². The number of methoxy groups -OCH3 is 1. The van der Waals surface area contributed by atoms with E-state index < -0.39 is 0 Å². The Labute approximate surface area is 71.1 Å². The van der Waals surface area contributed by atoms with Gasteiger partial charge in [-0.3, -0.25) is 9.48 Å². The largest absolute Gasteiger partial charge is 0.469 e. The van der Waals surface area contributed by atoms with Gasteiger partial charge in [0.05, 0.1) is 19.2 Å². The molecule has 12 heavy (non-hydrogen) atoms. The zero-order valence-corrected chi connectivity index (χ0v) is 7.44. The molecule has 0 N–H and O–H groups in total. The molecular formula is C8H12N2O2. The minimum atomic E-state index is -0.233. The average Bonchev–Trinajstić information content (AvgIpc) is 2.49. The fourth-order valence-corrected chi connectivity index (χ4v) is 0.977. The molecule has 1 atom stereocenters. The molecule has 0 saturated carbocycles. The fraction of sp³-hybridized carbons (Fsp3) is 0.500. The first-order chi connectivity index (χ1) is 5.65. The maximum absolute atomic E-state index is 11.1. The maximum atomic E-state index is 11.1. The number of hydrogen-bond acceptors (Lipinski definition) is 3. The van der Waals surface area contributed by atoms with Gasteiger partial charge in [0.2, 0.25) is 0 Å². The molecule has 0 aromatic carbocycles. The predicted octanol–water partition coefficient (Wildman–Crippen LogP) is 0.697. The third-order valence-corrected chi connectivity index (χ3v) is 1.78. The number of carbonyl (C=O) groups excluding carboxylic acids is 1. The summed E-state index contributed by atoms with van der Waals surface area (Å²) in [5.74, 6) is -0.466. The van der Waals surface area contributed by atoms with Gasteiger partial charge in [0.15, 0.2) is 0 Å². The van der Waals surface area contributed by atoms with Crippen molar-refractivity contribution >= 4 is 5.97 Å². The van der Waals surface area contributed by atoms with Crippen LogP contribution in [0.5, 0.6) is 0 Å². The topological polar surface area (TPSA) is 44.1 Å². The monoisotopic (exact) mass is 168 g/mol. The van der Waals surface area contributed by atoms with Crippen LogP contribution in [0, 0.1) is 0 Å². The molecule has 66 valence electrons. The summed E-state index contributed by atoms with van der Waals surface area (Å²) in [7, 11) is 3.20. The highest BCUT2D eigenvalue weighted by molar-refractivity contribution is 5.77. The first-order valence-corrected chi connectivity index (χ1v) is 3.71. The van der Waals surface area contributed by atoms with E-state index in [1.807, 2.05) is 13.2 Å². The Kier molecular flexibility index (Phi) is 2.47. The van der Waals surface area contributed by atoms with Gasteiger partial charge < -0.3 is 4.74 Å². The van der Waals surface area contributed by atoms with Crippen LogP contribution in [0.4, 0.5) is 0 Å². The van der Waals surface area contributed by atoms with Crippen LogP contribution in [0.25, 0.3) is 0 Å². The van der Waals surface area contributed by atoms with Gasteiger partial charge in [-0.2, -0.15) is 5.10 Å². The lowest BCUT2D eigenvalue weighted by Crippen LogP contribution is -2.09. The summed E-state index contributed by atoms with van der Waals surface area (Å²) in [6.07, 6.45) is 3.48. The van der Waals surface area contributed by atoms with Crippen molar-refractivity contribution < 1.29 is 9.53 Å². The molecule has 0 amide bonds. The van der Waals surface area contributed by atoms with E-state index in [1.54, 1.807) is 17.8 Å². The molecule has 0 saturated heterocycles. The molecule has 1 heterocycles. The van der Waals surface area contributed by atoms with E-state index in [9.17, 15) is 4.79 Å². The first kappa shape index (κ1) is 8.77. The van der Waals surface area contributed by atoms with Crippen molar-refractivity contribution in [3.63, 3.8) is 0 Å². The van der Waals surface area contributed by atoms with Crippen molar-refractivity contribution in [1.82, 2.24) is 9.78 Å². The number of rotatable bonds is 2. The van der Waals surface area contributed by atoms with Gasteiger partial charge in [-0.25, -0.2) is 0 Å². The highest BCUT2D eigenvalue weighted by Crippen LogP contribution is 2.14. The summed E-state index contributed by atoms with van der Waals surface area (Å²) in [5, 5.41) is 3.96. The summed E-state index contributed by atoms with van der Waals surface area (Å²) in [5.41, 5.74) is 0.879. The van der Waals surface area contributed by atoms with E-state index in [-0.39, 0.29) is 11.9 Å². The van der Waals surface area contributed by atoms with Crippen LogP contribution in [-0.2, 0) is 16.6 Å². The first-order valence-electron chi connectivity index (χ1n) is 3.71. The standard InChI is InChI=1S/C8H12N2O2/c1-6(8(11)12-3)7-4-9-10(2)5-7/h4-6H,1-3H3. The number of carbonyl (C=O) groups is 1. The molecule has 4 nitrogen and oxygen atoms in total. The maximum Gasteiger partial charge on any atom is 0.312 e. The van der Waals surface area contributed by atoms with Gasteiger partial charge >= 0.3 is 5.97 Å². The summed E-state index contributed by atoms with van der Waals surface area (Å²) in [6, 6.07) is 0. The smallest absolute Gasteiger partial charge is 0.312 e. The number of hydrogen-bond donors (Lipinski definition) is 0. The number of ether oxygens (including phenoxy) is 1. The van der Waals surface area contributed by atoms with E-state index in [1.165, 1.54) is 7.11 Å². The van der Waals surface area contributed by atoms with Gasteiger partial charge in [0.25, 0.3) is 0 Å². The van der Waals surface area contributed by atoms with Crippen molar-refractivity contribution in [1.29, 1.82) is 0 Å². The summed E-state index contributed by atoms with van der Waals surface area (Å²) in [6.45, 7) is 1.79. The molecular weight excluding hydrogens is 156 g/mol. The van der Waals surface area contributed by atoms with Crippen molar-refractivity contribution in [3.05, 3.63) is 18.0 Å². The molecule has 4 heteroatoms. The highest BCUT2D eigenvalue weighted by Gasteiger charge is 2.16. The van der Waals surface area contributed by atoms with Crippen LogP contribution >= 0.6 is 0 Å². The SMILES string of the molecule is COC(=O)C(C)c1cnn(C)c1. The fourth-order valence-electron chi connectivity index (χ4n) is 0.977. The lowest BCUT2D eigenvalue weighted by molar-refractivity contribution is -0.141. The second-order valence-corrected chi connectivity index (χ2v) is 2.69. The van der Waals surface area contributed by atoms with Crippen LogP contribution in [0.3, 0.4) is 0 Å². The number of aromatic nitrogens is 2. The van der Waals surface area contributed by atoms with Crippen LogP contribution in [0.15, 0.2) is 12.4 Å². The van der Waals surface area contributed by atoms with Crippen LogP contribution in [0.1, 0.15) is 18.4 Å². The summed E-state index contributed by atoms with van der Waals surface area (Å²) in [4.78, 5) is 11.1. The van der Waals surface area contributed by atoms with E-state index in [4.69, 9.17) is 0 Å². The number of aryl methyl sites for hydroxylation is 1. The van der Waals surface area contributed by atoms with Crippen molar-refractivity contribution in [2.75, 3.05) is 7.11 Å². The molecule has 0 aliphatic carbocycles. The number of esters is 1. The molecule has 0 aliphatic heterocycles. The zero-order chi connectivity index (χ0) is 9.14. The molecule has 0 bridgehead atoms. The minimum Gasteiger partial charge on any atom is -0.469 e. The van der Waals surface area contributed by atoms with Crippen molar-refractivity contribution in [3.8, 4) is 0 Å². The van der Waals surface area contributed by atoms with Crippen molar-refractivity contribution in [2.24, 2.45) is 7.05 Å². The Balaban J connectivity index is 2.77. The molecule has 0 fully saturated rings. The Hall–Kier alpha value is -1.32. The second kappa shape index (κ2) is 3.38.